The molecule has 2 rings (SSSR count). The van der Waals surface area contributed by atoms with Gasteiger partial charge in [0.05, 0.1) is 6.61 Å². The van der Waals surface area contributed by atoms with Gasteiger partial charge in [0.25, 0.3) is 0 Å². The maximum Gasteiger partial charge on any atom is 0.243 e. The second-order valence-corrected chi connectivity index (χ2v) is 6.73. The van der Waals surface area contributed by atoms with E-state index < -0.39 is 0 Å². The number of rotatable bonds is 8. The summed E-state index contributed by atoms with van der Waals surface area (Å²) in [6.07, 6.45) is 3.59. The summed E-state index contributed by atoms with van der Waals surface area (Å²) >= 11 is 0. The lowest BCUT2D eigenvalue weighted by Gasteiger charge is -2.43. The van der Waals surface area contributed by atoms with Gasteiger partial charge in [0.15, 0.2) is 5.96 Å². The van der Waals surface area contributed by atoms with Crippen molar-refractivity contribution in [3.8, 4) is 0 Å². The fourth-order valence-electron chi connectivity index (χ4n) is 2.95. The number of aliphatic imine (C=N–C) groups is 1. The minimum atomic E-state index is -0.0192. The number of nitrogens with zero attached hydrogens (tertiary/aromatic N) is 2. The zero-order chi connectivity index (χ0) is 18.1. The van der Waals surface area contributed by atoms with Gasteiger partial charge in [0.1, 0.15) is 6.54 Å². The van der Waals surface area contributed by atoms with Crippen LogP contribution in [-0.2, 0) is 14.9 Å². The van der Waals surface area contributed by atoms with Crippen LogP contribution in [0.1, 0.15) is 24.8 Å². The first kappa shape index (κ1) is 22.7. The maximum absolute atomic E-state index is 11.8. The molecule has 0 saturated heterocycles. The highest BCUT2D eigenvalue weighted by Gasteiger charge is 2.38. The number of methoxy groups -OCH3 is 1. The van der Waals surface area contributed by atoms with E-state index in [4.69, 9.17) is 4.74 Å². The first-order valence-electron chi connectivity index (χ1n) is 8.84. The van der Waals surface area contributed by atoms with Crippen LogP contribution >= 0.6 is 24.0 Å². The van der Waals surface area contributed by atoms with Crippen LogP contribution in [0.4, 0.5) is 0 Å². The number of carbonyl (C=O) groups is 1. The topological polar surface area (TPSA) is 66.0 Å². The Morgan fingerprint density at radius 1 is 1.23 bits per heavy atom. The maximum atomic E-state index is 11.8. The number of amides is 1. The molecule has 1 aromatic carbocycles. The smallest absolute Gasteiger partial charge is 0.243 e. The molecule has 1 fully saturated rings. The van der Waals surface area contributed by atoms with Gasteiger partial charge in [-0.15, -0.1) is 24.0 Å². The van der Waals surface area contributed by atoms with E-state index in [0.29, 0.717) is 19.1 Å². The van der Waals surface area contributed by atoms with Gasteiger partial charge >= 0.3 is 0 Å². The van der Waals surface area contributed by atoms with Crippen LogP contribution in [0, 0.1) is 0 Å². The quantitative estimate of drug-likeness (QED) is 0.262. The van der Waals surface area contributed by atoms with E-state index in [1.807, 2.05) is 0 Å². The van der Waals surface area contributed by atoms with Gasteiger partial charge in [0, 0.05) is 39.7 Å². The molecule has 0 radical (unpaired) electrons. The standard InChI is InChI=1S/C19H30N4O2.HI/c1-23(2)17(24)14-21-18(20-12-13-25-3)22-15-19(10-7-11-19)16-8-5-4-6-9-16;/h4-6,8-9H,7,10-15H2,1-3H3,(H2,20,21,22);1H. The average Bonchev–Trinajstić information content (AvgIpc) is 2.58. The lowest BCUT2D eigenvalue weighted by atomic mass is 9.64. The summed E-state index contributed by atoms with van der Waals surface area (Å²) in [5, 5.41) is 6.66. The van der Waals surface area contributed by atoms with Crippen LogP contribution in [0.25, 0.3) is 0 Å². The fourth-order valence-corrected chi connectivity index (χ4v) is 2.95. The fraction of sp³-hybridized carbons (Fsp3) is 0.579. The number of carbonyl (C=O) groups excluding carboxylic acids is 1. The van der Waals surface area contributed by atoms with Crippen molar-refractivity contribution in [3.05, 3.63) is 35.9 Å². The lowest BCUT2D eigenvalue weighted by Crippen LogP contribution is -2.49. The van der Waals surface area contributed by atoms with E-state index in [-0.39, 0.29) is 41.8 Å². The molecule has 26 heavy (non-hydrogen) atoms. The number of guanidine groups is 1. The van der Waals surface area contributed by atoms with Crippen LogP contribution in [0.3, 0.4) is 0 Å². The molecule has 0 unspecified atom stereocenters. The van der Waals surface area contributed by atoms with Gasteiger partial charge in [-0.25, -0.2) is 4.99 Å². The van der Waals surface area contributed by atoms with Crippen molar-refractivity contribution in [1.82, 2.24) is 15.5 Å². The molecule has 1 aromatic rings. The number of benzene rings is 1. The van der Waals surface area contributed by atoms with E-state index >= 15 is 0 Å². The molecular weight excluding hydrogens is 443 g/mol. The molecular formula is C19H31IN4O2. The Morgan fingerprint density at radius 2 is 1.92 bits per heavy atom. The largest absolute Gasteiger partial charge is 0.383 e. The summed E-state index contributed by atoms with van der Waals surface area (Å²) in [6, 6.07) is 10.6. The summed E-state index contributed by atoms with van der Waals surface area (Å²) < 4.78 is 5.08. The zero-order valence-electron chi connectivity index (χ0n) is 16.0. The summed E-state index contributed by atoms with van der Waals surface area (Å²) in [5.41, 5.74) is 1.53. The summed E-state index contributed by atoms with van der Waals surface area (Å²) in [6.45, 7) is 2.18. The van der Waals surface area contributed by atoms with E-state index in [9.17, 15) is 4.79 Å². The predicted octanol–water partition coefficient (Wildman–Crippen LogP) is 2.00. The minimum absolute atomic E-state index is 0. The minimum Gasteiger partial charge on any atom is -0.383 e. The van der Waals surface area contributed by atoms with Crippen molar-refractivity contribution in [2.75, 3.05) is 47.4 Å². The third kappa shape index (κ3) is 6.42. The number of likely N-dealkylation sites (N-methyl/N-ethyl adjacent to an activating group) is 1. The highest BCUT2D eigenvalue weighted by atomic mass is 127. The Morgan fingerprint density at radius 3 is 2.46 bits per heavy atom. The molecule has 0 bridgehead atoms. The van der Waals surface area contributed by atoms with Gasteiger partial charge < -0.3 is 20.3 Å². The predicted molar refractivity (Wildman–Crippen MR) is 116 cm³/mol. The first-order valence-corrected chi connectivity index (χ1v) is 8.84. The van der Waals surface area contributed by atoms with Gasteiger partial charge in [0.2, 0.25) is 5.91 Å². The molecule has 0 spiro atoms. The van der Waals surface area contributed by atoms with E-state index in [1.165, 1.54) is 24.8 Å². The van der Waals surface area contributed by atoms with Crippen LogP contribution in [0.2, 0.25) is 0 Å². The lowest BCUT2D eigenvalue weighted by molar-refractivity contribution is -0.127. The zero-order valence-corrected chi connectivity index (χ0v) is 18.3. The Hall–Kier alpha value is -1.35. The van der Waals surface area contributed by atoms with Crippen molar-refractivity contribution in [1.29, 1.82) is 0 Å². The Labute approximate surface area is 173 Å². The van der Waals surface area contributed by atoms with E-state index in [1.54, 1.807) is 26.1 Å². The number of hydrogen-bond donors (Lipinski definition) is 2. The van der Waals surface area contributed by atoms with Crippen molar-refractivity contribution in [2.24, 2.45) is 4.99 Å². The number of nitrogens with one attached hydrogen (secondary N) is 2. The van der Waals surface area contributed by atoms with E-state index in [0.717, 1.165) is 6.54 Å². The van der Waals surface area contributed by atoms with Crippen LogP contribution in [0.15, 0.2) is 35.3 Å². The Kier molecular flexibility index (Phi) is 9.93. The molecule has 1 amide bonds. The van der Waals surface area contributed by atoms with Crippen molar-refractivity contribution >= 4 is 35.8 Å². The summed E-state index contributed by atoms with van der Waals surface area (Å²) in [5.74, 6) is 0.642. The Balaban J connectivity index is 0.00000338. The van der Waals surface area contributed by atoms with Gasteiger partial charge in [-0.1, -0.05) is 36.8 Å². The SMILES string of the molecule is COCCNC(=NCC(=O)N(C)C)NCC1(c2ccccc2)CCC1.I. The molecule has 1 saturated carbocycles. The normalized spacial score (nSPS) is 15.4. The van der Waals surface area contributed by atoms with Crippen molar-refractivity contribution < 1.29 is 9.53 Å². The molecule has 146 valence electrons. The van der Waals surface area contributed by atoms with Gasteiger partial charge in [-0.3, -0.25) is 4.79 Å². The molecule has 0 aliphatic heterocycles. The highest BCUT2D eigenvalue weighted by molar-refractivity contribution is 14.0. The van der Waals surface area contributed by atoms with Crippen LogP contribution < -0.4 is 10.6 Å². The van der Waals surface area contributed by atoms with Crippen LogP contribution in [0.5, 0.6) is 0 Å². The molecule has 1 aliphatic rings. The summed E-state index contributed by atoms with van der Waals surface area (Å²) in [7, 11) is 5.14. The molecule has 1 aliphatic carbocycles. The Bertz CT molecular complexity index is 574. The second kappa shape index (κ2) is 11.4. The van der Waals surface area contributed by atoms with Crippen molar-refractivity contribution in [2.45, 2.75) is 24.7 Å². The second-order valence-electron chi connectivity index (χ2n) is 6.73. The third-order valence-corrected chi connectivity index (χ3v) is 4.76. The molecule has 0 aromatic heterocycles. The van der Waals surface area contributed by atoms with Crippen molar-refractivity contribution in [3.63, 3.8) is 0 Å². The molecule has 6 nitrogen and oxygen atoms in total. The number of ether oxygens (including phenoxy) is 1. The van der Waals surface area contributed by atoms with E-state index in [2.05, 4.69) is 46.0 Å². The molecule has 0 atom stereocenters. The molecule has 7 heteroatoms. The summed E-state index contributed by atoms with van der Waals surface area (Å²) in [4.78, 5) is 17.8. The van der Waals surface area contributed by atoms with Gasteiger partial charge in [-0.2, -0.15) is 0 Å². The molecule has 0 heterocycles. The first-order chi connectivity index (χ1) is 12.1. The molecule has 2 N–H and O–H groups in total. The third-order valence-electron chi connectivity index (χ3n) is 4.76. The number of hydrogen-bond acceptors (Lipinski definition) is 3. The average molecular weight is 474 g/mol. The van der Waals surface area contributed by atoms with Gasteiger partial charge in [-0.05, 0) is 18.4 Å². The monoisotopic (exact) mass is 474 g/mol. The number of halogens is 1. The van der Waals surface area contributed by atoms with Crippen LogP contribution in [-0.4, -0.2) is 64.2 Å². The highest BCUT2D eigenvalue weighted by Crippen LogP contribution is 2.43.